The van der Waals surface area contributed by atoms with Gasteiger partial charge in [0, 0.05) is 17.8 Å². The minimum absolute atomic E-state index is 0.0134. The number of carbonyl (C=O) groups excluding carboxylic acids is 1. The Labute approximate surface area is 214 Å². The van der Waals surface area contributed by atoms with Crippen molar-refractivity contribution in [3.8, 4) is 0 Å². The van der Waals surface area contributed by atoms with Crippen molar-refractivity contribution in [3.63, 3.8) is 0 Å². The molecule has 1 amide bonds. The number of halogens is 2. The van der Waals surface area contributed by atoms with Crippen molar-refractivity contribution in [2.75, 3.05) is 11.9 Å². The average Bonchev–Trinajstić information content (AvgIpc) is 3.44. The molecule has 2 aliphatic carbocycles. The summed E-state index contributed by atoms with van der Waals surface area (Å²) in [5.74, 6) is -1.30. The lowest BCUT2D eigenvalue weighted by Crippen LogP contribution is -2.24. The van der Waals surface area contributed by atoms with Crippen molar-refractivity contribution in [1.82, 2.24) is 9.78 Å². The van der Waals surface area contributed by atoms with E-state index in [4.69, 9.17) is 9.47 Å². The highest BCUT2D eigenvalue weighted by Gasteiger charge is 2.37. The summed E-state index contributed by atoms with van der Waals surface area (Å²) in [6, 6.07) is 7.73. The van der Waals surface area contributed by atoms with E-state index in [0.717, 1.165) is 0 Å². The largest absolute Gasteiger partial charge is 0.348 e. The van der Waals surface area contributed by atoms with Crippen molar-refractivity contribution in [1.29, 1.82) is 0 Å². The molecule has 200 valence electrons. The lowest BCUT2D eigenvalue weighted by atomic mass is 9.98. The Morgan fingerprint density at radius 2 is 1.84 bits per heavy atom. The Bertz CT molecular complexity index is 1280. The number of allylic oxidation sites excluding steroid dienone is 1. The molecule has 37 heavy (non-hydrogen) atoms. The first-order valence-corrected chi connectivity index (χ1v) is 14.1. The van der Waals surface area contributed by atoms with Crippen LogP contribution in [0.3, 0.4) is 0 Å². The van der Waals surface area contributed by atoms with Crippen LogP contribution in [-0.4, -0.2) is 60.2 Å². The van der Waals surface area contributed by atoms with Gasteiger partial charge in [-0.25, -0.2) is 17.2 Å². The quantitative estimate of drug-likeness (QED) is 0.512. The number of amides is 1. The number of rotatable bonds is 8. The molecule has 0 bridgehead atoms. The standard InChI is InChI=1S/C26H31F2N3O5S/c1-26(2)35-15-18(36-26)14-31-10-9-24(30-31)29-25(32)21(11-16-12-22(27)23(28)13-16)17-3-5-19(6-4-17)37(33,34)20-7-8-20/h3-6,9-11,16,18,20,22-23H,7-8,12-15H2,1-2H3,(H,29,30,32)/b21-11+/t16-,18-,22+,23-/m0/s1. The molecule has 3 aliphatic rings. The van der Waals surface area contributed by atoms with E-state index < -0.39 is 39.8 Å². The highest BCUT2D eigenvalue weighted by molar-refractivity contribution is 7.92. The predicted octanol–water partition coefficient (Wildman–Crippen LogP) is 4.08. The van der Waals surface area contributed by atoms with Gasteiger partial charge in [0.05, 0.1) is 23.3 Å². The summed E-state index contributed by atoms with van der Waals surface area (Å²) in [6.07, 6.45) is 1.25. The first-order chi connectivity index (χ1) is 17.5. The van der Waals surface area contributed by atoms with Gasteiger partial charge in [-0.1, -0.05) is 18.2 Å². The summed E-state index contributed by atoms with van der Waals surface area (Å²) < 4.78 is 65.8. The number of ether oxygens (including phenoxy) is 2. The van der Waals surface area contributed by atoms with Crippen LogP contribution in [0, 0.1) is 5.92 Å². The molecule has 2 aromatic rings. The van der Waals surface area contributed by atoms with Crippen LogP contribution in [-0.2, 0) is 30.7 Å². The van der Waals surface area contributed by atoms with Gasteiger partial charge in [0.15, 0.2) is 21.4 Å². The molecule has 1 N–H and O–H groups in total. The molecule has 3 fully saturated rings. The molecule has 1 aromatic heterocycles. The number of aromatic nitrogens is 2. The number of benzene rings is 1. The molecule has 0 spiro atoms. The molecular weight excluding hydrogens is 504 g/mol. The summed E-state index contributed by atoms with van der Waals surface area (Å²) in [5, 5.41) is 6.80. The number of nitrogens with one attached hydrogen (secondary N) is 1. The van der Waals surface area contributed by atoms with Crippen LogP contribution in [0.25, 0.3) is 5.57 Å². The smallest absolute Gasteiger partial charge is 0.257 e. The second-order valence-corrected chi connectivity index (χ2v) is 12.7. The molecule has 4 atom stereocenters. The van der Waals surface area contributed by atoms with Crippen LogP contribution >= 0.6 is 0 Å². The fraction of sp³-hybridized carbons (Fsp3) is 0.538. The summed E-state index contributed by atoms with van der Waals surface area (Å²) in [6.45, 7) is 4.55. The minimum Gasteiger partial charge on any atom is -0.348 e. The van der Waals surface area contributed by atoms with Crippen molar-refractivity contribution in [2.24, 2.45) is 5.92 Å². The average molecular weight is 536 g/mol. The van der Waals surface area contributed by atoms with E-state index in [1.165, 1.54) is 12.1 Å². The second kappa shape index (κ2) is 9.92. The minimum atomic E-state index is -3.38. The van der Waals surface area contributed by atoms with Crippen LogP contribution in [0.15, 0.2) is 47.5 Å². The fourth-order valence-electron chi connectivity index (χ4n) is 4.82. The number of sulfone groups is 1. The zero-order chi connectivity index (χ0) is 26.4. The molecular formula is C26H31F2N3O5S. The van der Waals surface area contributed by atoms with Gasteiger partial charge < -0.3 is 14.8 Å². The molecule has 0 radical (unpaired) electrons. The number of hydrogen-bond acceptors (Lipinski definition) is 6. The number of nitrogens with zero attached hydrogens (tertiary/aromatic N) is 2. The Kier molecular flexibility index (Phi) is 6.97. The Balaban J connectivity index is 1.34. The molecule has 0 unspecified atom stereocenters. The van der Waals surface area contributed by atoms with E-state index in [-0.39, 0.29) is 34.7 Å². The normalized spacial score (nSPS) is 27.9. The molecule has 1 saturated heterocycles. The number of anilines is 1. The van der Waals surface area contributed by atoms with Gasteiger partial charge in [0.2, 0.25) is 0 Å². The van der Waals surface area contributed by atoms with E-state index in [1.807, 2.05) is 13.8 Å². The third kappa shape index (κ3) is 5.94. The SMILES string of the molecule is CC1(C)OC[C@H](Cn2ccc(NC(=O)/C(=C/[C@H]3C[C@@H](F)[C@@H](F)C3)c3ccc(S(=O)(=O)C4CC4)cc3)n2)O1. The second-order valence-electron chi connectivity index (χ2n) is 10.4. The molecule has 11 heteroatoms. The van der Waals surface area contributed by atoms with E-state index in [1.54, 1.807) is 35.2 Å². The van der Waals surface area contributed by atoms with Crippen LogP contribution in [0.1, 0.15) is 45.1 Å². The topological polar surface area (TPSA) is 99.5 Å². The van der Waals surface area contributed by atoms with Gasteiger partial charge >= 0.3 is 0 Å². The Morgan fingerprint density at radius 3 is 2.43 bits per heavy atom. The summed E-state index contributed by atoms with van der Waals surface area (Å²) in [4.78, 5) is 13.5. The van der Waals surface area contributed by atoms with Gasteiger partial charge in [-0.15, -0.1) is 0 Å². The van der Waals surface area contributed by atoms with E-state index in [2.05, 4.69) is 10.4 Å². The lowest BCUT2D eigenvalue weighted by Gasteiger charge is -2.17. The maximum absolute atomic E-state index is 13.8. The van der Waals surface area contributed by atoms with E-state index >= 15 is 0 Å². The van der Waals surface area contributed by atoms with Crippen molar-refractivity contribution in [2.45, 2.75) is 80.5 Å². The zero-order valence-corrected chi connectivity index (χ0v) is 21.6. The maximum atomic E-state index is 13.8. The number of carbonyl (C=O) groups is 1. The van der Waals surface area contributed by atoms with Gasteiger partial charge in [0.1, 0.15) is 18.4 Å². The van der Waals surface area contributed by atoms with Crippen molar-refractivity contribution < 1.29 is 31.5 Å². The van der Waals surface area contributed by atoms with Crippen LogP contribution in [0.5, 0.6) is 0 Å². The highest BCUT2D eigenvalue weighted by atomic mass is 32.2. The van der Waals surface area contributed by atoms with Crippen molar-refractivity contribution >= 4 is 27.1 Å². The van der Waals surface area contributed by atoms with Gasteiger partial charge in [-0.3, -0.25) is 9.48 Å². The van der Waals surface area contributed by atoms with E-state index in [9.17, 15) is 22.0 Å². The van der Waals surface area contributed by atoms with Crippen LogP contribution in [0.4, 0.5) is 14.6 Å². The molecule has 8 nitrogen and oxygen atoms in total. The van der Waals surface area contributed by atoms with Gasteiger partial charge in [-0.05, 0) is 63.1 Å². The summed E-state index contributed by atoms with van der Waals surface area (Å²) >= 11 is 0. The van der Waals surface area contributed by atoms with Crippen LogP contribution in [0.2, 0.25) is 0 Å². The number of alkyl halides is 2. The number of hydrogen-bond donors (Lipinski definition) is 1. The van der Waals surface area contributed by atoms with Crippen LogP contribution < -0.4 is 5.32 Å². The highest BCUT2D eigenvalue weighted by Crippen LogP contribution is 2.36. The maximum Gasteiger partial charge on any atom is 0.257 e. The fourth-order valence-corrected chi connectivity index (χ4v) is 6.47. The third-order valence-corrected chi connectivity index (χ3v) is 9.17. The van der Waals surface area contributed by atoms with Gasteiger partial charge in [-0.2, -0.15) is 5.10 Å². The summed E-state index contributed by atoms with van der Waals surface area (Å²) in [5.41, 5.74) is 0.675. The molecule has 2 saturated carbocycles. The first-order valence-electron chi connectivity index (χ1n) is 12.5. The zero-order valence-electron chi connectivity index (χ0n) is 20.8. The van der Waals surface area contributed by atoms with E-state index in [0.29, 0.717) is 37.4 Å². The molecule has 2 heterocycles. The predicted molar refractivity (Wildman–Crippen MR) is 133 cm³/mol. The van der Waals surface area contributed by atoms with Crippen molar-refractivity contribution in [3.05, 3.63) is 48.2 Å². The van der Waals surface area contributed by atoms with Gasteiger partial charge in [0.25, 0.3) is 5.91 Å². The lowest BCUT2D eigenvalue weighted by molar-refractivity contribution is -0.139. The third-order valence-electron chi connectivity index (χ3n) is 6.89. The first kappa shape index (κ1) is 26.0. The molecule has 5 rings (SSSR count). The molecule has 1 aliphatic heterocycles. The Hall–Kier alpha value is -2.63. The Morgan fingerprint density at radius 1 is 1.16 bits per heavy atom. The summed E-state index contributed by atoms with van der Waals surface area (Å²) in [7, 11) is -3.38. The monoisotopic (exact) mass is 535 g/mol. The molecule has 1 aromatic carbocycles.